The van der Waals surface area contributed by atoms with Gasteiger partial charge in [0.15, 0.2) is 0 Å². The van der Waals surface area contributed by atoms with E-state index in [4.69, 9.17) is 11.6 Å². The molecule has 0 saturated heterocycles. The predicted molar refractivity (Wildman–Crippen MR) is 67.6 cm³/mol. The van der Waals surface area contributed by atoms with E-state index in [0.717, 1.165) is 35.7 Å². The predicted octanol–water partition coefficient (Wildman–Crippen LogP) is 2.89. The highest BCUT2D eigenvalue weighted by Crippen LogP contribution is 2.16. The van der Waals surface area contributed by atoms with Gasteiger partial charge >= 0.3 is 0 Å². The van der Waals surface area contributed by atoms with Crippen molar-refractivity contribution in [3.05, 3.63) is 34.8 Å². The van der Waals surface area contributed by atoms with Gasteiger partial charge < -0.3 is 0 Å². The molecule has 0 aliphatic rings. The molecule has 0 saturated carbocycles. The molecule has 2 aromatic rings. The summed E-state index contributed by atoms with van der Waals surface area (Å²) < 4.78 is 1.97. The molecule has 0 N–H and O–H groups in total. The Morgan fingerprint density at radius 2 is 2.06 bits per heavy atom. The molecule has 0 unspecified atom stereocenters. The second-order valence-electron chi connectivity index (χ2n) is 4.05. The summed E-state index contributed by atoms with van der Waals surface area (Å²) in [6.45, 7) is 6.07. The number of halogens is 1. The molecule has 0 aromatic carbocycles. The lowest BCUT2D eigenvalue weighted by atomic mass is 10.3. The summed E-state index contributed by atoms with van der Waals surface area (Å²) in [5.74, 6) is 1.73. The van der Waals surface area contributed by atoms with Crippen molar-refractivity contribution >= 4 is 11.6 Å². The Kier molecular flexibility index (Phi) is 3.43. The SMILES string of the molecule is CCCc1cn(-c2nc(Cl)ncc2C)c(C)n1. The molecule has 4 nitrogen and oxygen atoms in total. The maximum Gasteiger partial charge on any atom is 0.224 e. The summed E-state index contributed by atoms with van der Waals surface area (Å²) in [6, 6.07) is 0. The summed E-state index contributed by atoms with van der Waals surface area (Å²) in [7, 11) is 0. The molecular weight excluding hydrogens is 236 g/mol. The molecule has 5 heteroatoms. The van der Waals surface area contributed by atoms with E-state index in [1.54, 1.807) is 6.20 Å². The molecule has 0 fully saturated rings. The Bertz CT molecular complexity index is 533. The van der Waals surface area contributed by atoms with Crippen LogP contribution < -0.4 is 0 Å². The fraction of sp³-hybridized carbons (Fsp3) is 0.417. The maximum atomic E-state index is 5.83. The first-order valence-corrected chi connectivity index (χ1v) is 6.04. The molecule has 2 aromatic heterocycles. The molecule has 2 heterocycles. The van der Waals surface area contributed by atoms with E-state index >= 15 is 0 Å². The first-order chi connectivity index (χ1) is 8.11. The molecule has 0 bridgehead atoms. The van der Waals surface area contributed by atoms with Gasteiger partial charge in [-0.3, -0.25) is 4.57 Å². The van der Waals surface area contributed by atoms with Gasteiger partial charge in [-0.15, -0.1) is 0 Å². The van der Waals surface area contributed by atoms with Crippen LogP contribution in [-0.4, -0.2) is 19.5 Å². The second kappa shape index (κ2) is 4.84. The molecule has 0 aliphatic heterocycles. The summed E-state index contributed by atoms with van der Waals surface area (Å²) >= 11 is 5.83. The van der Waals surface area contributed by atoms with Crippen molar-refractivity contribution < 1.29 is 0 Å². The van der Waals surface area contributed by atoms with Gasteiger partial charge in [-0.25, -0.2) is 9.97 Å². The van der Waals surface area contributed by atoms with Gasteiger partial charge in [-0.05, 0) is 31.9 Å². The van der Waals surface area contributed by atoms with Crippen molar-refractivity contribution in [1.82, 2.24) is 19.5 Å². The summed E-state index contributed by atoms with van der Waals surface area (Å²) in [5.41, 5.74) is 2.07. The van der Waals surface area contributed by atoms with E-state index < -0.39 is 0 Å². The third-order valence-corrected chi connectivity index (χ3v) is 2.76. The number of hydrogen-bond acceptors (Lipinski definition) is 3. The molecule has 0 amide bonds. The normalized spacial score (nSPS) is 10.8. The lowest BCUT2D eigenvalue weighted by Crippen LogP contribution is -2.02. The van der Waals surface area contributed by atoms with E-state index in [1.165, 1.54) is 0 Å². The minimum atomic E-state index is 0.260. The highest BCUT2D eigenvalue weighted by Gasteiger charge is 2.10. The third-order valence-electron chi connectivity index (χ3n) is 2.58. The van der Waals surface area contributed by atoms with Gasteiger partial charge in [0.05, 0.1) is 5.69 Å². The number of hydrogen-bond donors (Lipinski definition) is 0. The van der Waals surface area contributed by atoms with Crippen LogP contribution in [0.5, 0.6) is 0 Å². The summed E-state index contributed by atoms with van der Waals surface area (Å²) in [6.07, 6.45) is 5.81. The van der Waals surface area contributed by atoms with Crippen LogP contribution in [0.3, 0.4) is 0 Å². The van der Waals surface area contributed by atoms with E-state index in [0.29, 0.717) is 0 Å². The van der Waals surface area contributed by atoms with Crippen molar-refractivity contribution in [3.63, 3.8) is 0 Å². The Hall–Kier alpha value is -1.42. The first-order valence-electron chi connectivity index (χ1n) is 5.66. The number of rotatable bonds is 3. The molecule has 0 spiro atoms. The van der Waals surface area contributed by atoms with E-state index in [2.05, 4.69) is 21.9 Å². The second-order valence-corrected chi connectivity index (χ2v) is 4.38. The maximum absolute atomic E-state index is 5.83. The number of aromatic nitrogens is 4. The highest BCUT2D eigenvalue weighted by molar-refractivity contribution is 6.28. The molecule has 2 rings (SSSR count). The Balaban J connectivity index is 2.48. The minimum absolute atomic E-state index is 0.260. The Morgan fingerprint density at radius 3 is 2.76 bits per heavy atom. The smallest absolute Gasteiger partial charge is 0.224 e. The van der Waals surface area contributed by atoms with Crippen LogP contribution in [0.4, 0.5) is 0 Å². The van der Waals surface area contributed by atoms with Crippen molar-refractivity contribution in [3.8, 4) is 5.82 Å². The van der Waals surface area contributed by atoms with Crippen molar-refractivity contribution in [1.29, 1.82) is 0 Å². The van der Waals surface area contributed by atoms with Crippen LogP contribution in [0.1, 0.15) is 30.4 Å². The number of nitrogens with zero attached hydrogens (tertiary/aromatic N) is 4. The van der Waals surface area contributed by atoms with Crippen LogP contribution >= 0.6 is 11.6 Å². The topological polar surface area (TPSA) is 43.6 Å². The van der Waals surface area contributed by atoms with Crippen molar-refractivity contribution in [2.45, 2.75) is 33.6 Å². The van der Waals surface area contributed by atoms with Gasteiger partial charge in [0.1, 0.15) is 11.6 Å². The van der Waals surface area contributed by atoms with E-state index in [-0.39, 0.29) is 5.28 Å². The highest BCUT2D eigenvalue weighted by atomic mass is 35.5. The van der Waals surface area contributed by atoms with Crippen LogP contribution in [0.2, 0.25) is 5.28 Å². The first kappa shape index (κ1) is 12.0. The van der Waals surface area contributed by atoms with Crippen LogP contribution in [-0.2, 0) is 6.42 Å². The van der Waals surface area contributed by atoms with E-state index in [1.807, 2.05) is 24.6 Å². The Morgan fingerprint density at radius 1 is 1.29 bits per heavy atom. The van der Waals surface area contributed by atoms with Gasteiger partial charge in [0.2, 0.25) is 5.28 Å². The zero-order chi connectivity index (χ0) is 12.4. The standard InChI is InChI=1S/C12H15ClN4/c1-4-5-10-7-17(9(3)15-10)11-8(2)6-14-12(13)16-11/h6-7H,4-5H2,1-3H3. The largest absolute Gasteiger partial charge is 0.287 e. The van der Waals surface area contributed by atoms with E-state index in [9.17, 15) is 0 Å². The molecule has 17 heavy (non-hydrogen) atoms. The third kappa shape index (κ3) is 2.47. The lowest BCUT2D eigenvalue weighted by molar-refractivity contribution is 0.888. The monoisotopic (exact) mass is 250 g/mol. The fourth-order valence-corrected chi connectivity index (χ4v) is 1.91. The van der Waals surface area contributed by atoms with Crippen LogP contribution in [0.25, 0.3) is 5.82 Å². The molecule has 90 valence electrons. The van der Waals surface area contributed by atoms with Gasteiger partial charge in [-0.2, -0.15) is 4.98 Å². The van der Waals surface area contributed by atoms with Crippen molar-refractivity contribution in [2.24, 2.45) is 0 Å². The summed E-state index contributed by atoms with van der Waals surface area (Å²) in [5, 5.41) is 0.260. The molecule has 0 radical (unpaired) electrons. The number of imidazole rings is 1. The average Bonchev–Trinajstić information content (AvgIpc) is 2.64. The lowest BCUT2D eigenvalue weighted by Gasteiger charge is -2.06. The zero-order valence-electron chi connectivity index (χ0n) is 10.2. The molecular formula is C12H15ClN4. The minimum Gasteiger partial charge on any atom is -0.287 e. The Labute approximate surface area is 106 Å². The zero-order valence-corrected chi connectivity index (χ0v) is 11.0. The average molecular weight is 251 g/mol. The fourth-order valence-electron chi connectivity index (χ4n) is 1.78. The molecule has 0 aliphatic carbocycles. The molecule has 0 atom stereocenters. The number of aryl methyl sites for hydroxylation is 3. The van der Waals surface area contributed by atoms with Crippen molar-refractivity contribution in [2.75, 3.05) is 0 Å². The van der Waals surface area contributed by atoms with Gasteiger partial charge in [0, 0.05) is 18.0 Å². The quantitative estimate of drug-likeness (QED) is 0.787. The summed E-state index contributed by atoms with van der Waals surface area (Å²) in [4.78, 5) is 12.7. The van der Waals surface area contributed by atoms with Gasteiger partial charge in [-0.1, -0.05) is 13.3 Å². The van der Waals surface area contributed by atoms with Crippen LogP contribution in [0, 0.1) is 13.8 Å². The van der Waals surface area contributed by atoms with Crippen LogP contribution in [0.15, 0.2) is 12.4 Å². The van der Waals surface area contributed by atoms with Gasteiger partial charge in [0.25, 0.3) is 0 Å².